The summed E-state index contributed by atoms with van der Waals surface area (Å²) >= 11 is 0. The number of unbranched alkanes of at least 4 members (excludes halogenated alkanes) is 1. The zero-order chi connectivity index (χ0) is 16.3. The van der Waals surface area contributed by atoms with Gasteiger partial charge in [0.1, 0.15) is 0 Å². The molecule has 0 spiro atoms. The Morgan fingerprint density at radius 2 is 1.82 bits per heavy atom. The van der Waals surface area contributed by atoms with Crippen LogP contribution in [0.4, 0.5) is 0 Å². The first-order chi connectivity index (χ1) is 9.88. The number of hydrogen-bond donors (Lipinski definition) is 0. The van der Waals surface area contributed by atoms with Crippen LogP contribution in [0.15, 0.2) is 24.3 Å². The fourth-order valence-electron chi connectivity index (χ4n) is 2.25. The van der Waals surface area contributed by atoms with Crippen LogP contribution in [0.5, 0.6) is 0 Å². The summed E-state index contributed by atoms with van der Waals surface area (Å²) < 4.78 is 5.98. The first-order valence-corrected chi connectivity index (χ1v) is 8.30. The molecule has 0 aromatic rings. The van der Waals surface area contributed by atoms with Gasteiger partial charge < -0.3 is 16.6 Å². The van der Waals surface area contributed by atoms with Gasteiger partial charge in [-0.1, -0.05) is 38.3 Å². The van der Waals surface area contributed by atoms with E-state index in [1.807, 2.05) is 0 Å². The largest absolute Gasteiger partial charge is 1.00 e. The van der Waals surface area contributed by atoms with E-state index in [1.165, 1.54) is 18.4 Å². The van der Waals surface area contributed by atoms with E-state index in [0.717, 1.165) is 44.4 Å². The Balaban J connectivity index is 0. The molecule has 0 saturated carbocycles. The van der Waals surface area contributed by atoms with Crippen molar-refractivity contribution in [2.24, 2.45) is 5.92 Å². The van der Waals surface area contributed by atoms with Crippen LogP contribution in [0.1, 0.15) is 52.4 Å². The molecule has 3 heteroatoms. The van der Waals surface area contributed by atoms with Gasteiger partial charge in [-0.05, 0) is 46.8 Å². The molecular weight excluding hydrogens is 265 g/mol. The van der Waals surface area contributed by atoms with Crippen molar-refractivity contribution in [2.45, 2.75) is 58.5 Å². The van der Waals surface area contributed by atoms with Crippen LogP contribution in [-0.4, -0.2) is 38.3 Å². The molecule has 0 amide bonds. The van der Waals surface area contributed by atoms with Crippen LogP contribution < -0.4 is 18.9 Å². The number of nitrogens with zero attached hydrogens (tertiary/aromatic N) is 1. The molecule has 2 unspecified atom stereocenters. The van der Waals surface area contributed by atoms with Crippen molar-refractivity contribution in [3.05, 3.63) is 31.2 Å². The SMILES string of the molecule is C=C(CCC(OCCCN(C)C)C(=C)C)C([CH2-])CCCC.[Li+]. The summed E-state index contributed by atoms with van der Waals surface area (Å²) in [4.78, 5) is 2.18. The predicted molar refractivity (Wildman–Crippen MR) is 94.5 cm³/mol. The molecule has 124 valence electrons. The van der Waals surface area contributed by atoms with Gasteiger partial charge in [0.2, 0.25) is 0 Å². The summed E-state index contributed by atoms with van der Waals surface area (Å²) in [6, 6.07) is 0. The van der Waals surface area contributed by atoms with Crippen LogP contribution in [0.3, 0.4) is 0 Å². The maximum Gasteiger partial charge on any atom is 1.00 e. The van der Waals surface area contributed by atoms with Crippen molar-refractivity contribution in [2.75, 3.05) is 27.2 Å². The third-order valence-corrected chi connectivity index (χ3v) is 3.83. The van der Waals surface area contributed by atoms with Crippen molar-refractivity contribution in [3.8, 4) is 0 Å². The molecule has 0 bridgehead atoms. The van der Waals surface area contributed by atoms with Gasteiger partial charge in [-0.2, -0.15) is 0 Å². The van der Waals surface area contributed by atoms with Gasteiger partial charge >= 0.3 is 18.9 Å². The van der Waals surface area contributed by atoms with Crippen molar-refractivity contribution in [1.29, 1.82) is 0 Å². The third-order valence-electron chi connectivity index (χ3n) is 3.83. The third kappa shape index (κ3) is 12.5. The smallest absolute Gasteiger partial charge is 0.374 e. The van der Waals surface area contributed by atoms with Crippen LogP contribution in [0.2, 0.25) is 0 Å². The van der Waals surface area contributed by atoms with Crippen molar-refractivity contribution >= 4 is 0 Å². The quantitative estimate of drug-likeness (QED) is 0.223. The zero-order valence-corrected chi connectivity index (χ0v) is 15.8. The fraction of sp³-hybridized carbons (Fsp3) is 0.737. The van der Waals surface area contributed by atoms with E-state index in [4.69, 9.17) is 4.74 Å². The van der Waals surface area contributed by atoms with E-state index in [1.54, 1.807) is 0 Å². The second kappa shape index (κ2) is 14.6. The molecule has 0 rings (SSSR count). The summed E-state index contributed by atoms with van der Waals surface area (Å²) in [5.74, 6) is 0.379. The molecule has 2 atom stereocenters. The molecule has 0 aromatic carbocycles. The minimum absolute atomic E-state index is 0. The molecule has 0 N–H and O–H groups in total. The second-order valence-corrected chi connectivity index (χ2v) is 6.40. The van der Waals surface area contributed by atoms with Crippen molar-refractivity contribution < 1.29 is 23.6 Å². The molecule has 0 fully saturated rings. The average Bonchev–Trinajstić information content (AvgIpc) is 2.42. The Morgan fingerprint density at radius 3 is 2.32 bits per heavy atom. The van der Waals surface area contributed by atoms with Crippen LogP contribution in [0, 0.1) is 12.8 Å². The molecule has 0 aliphatic heterocycles. The topological polar surface area (TPSA) is 12.5 Å². The Bertz CT molecular complexity index is 302. The Kier molecular flexibility index (Phi) is 16.1. The number of rotatable bonds is 13. The monoisotopic (exact) mass is 301 g/mol. The molecule has 0 aliphatic rings. The Morgan fingerprint density at radius 1 is 1.18 bits per heavy atom. The van der Waals surface area contributed by atoms with Gasteiger partial charge in [-0.25, -0.2) is 0 Å². The molecule has 0 aromatic heterocycles. The van der Waals surface area contributed by atoms with Gasteiger partial charge in [0, 0.05) is 6.61 Å². The maximum atomic E-state index is 5.98. The fourth-order valence-corrected chi connectivity index (χ4v) is 2.25. The maximum absolute atomic E-state index is 5.98. The van der Waals surface area contributed by atoms with Gasteiger partial charge in [0.05, 0.1) is 6.10 Å². The molecule has 0 radical (unpaired) electrons. The Labute approximate surface area is 151 Å². The van der Waals surface area contributed by atoms with Crippen LogP contribution in [-0.2, 0) is 4.74 Å². The van der Waals surface area contributed by atoms with Gasteiger partial charge in [0.15, 0.2) is 0 Å². The number of allylic oxidation sites excluding steroid dienone is 1. The minimum atomic E-state index is 0. The molecule has 22 heavy (non-hydrogen) atoms. The first-order valence-electron chi connectivity index (χ1n) is 8.30. The van der Waals surface area contributed by atoms with Crippen LogP contribution >= 0.6 is 0 Å². The predicted octanol–water partition coefficient (Wildman–Crippen LogP) is 1.88. The molecule has 2 nitrogen and oxygen atoms in total. The van der Waals surface area contributed by atoms with Gasteiger partial charge in [-0.3, -0.25) is 0 Å². The van der Waals surface area contributed by atoms with Gasteiger partial charge in [0.25, 0.3) is 0 Å². The zero-order valence-electron chi connectivity index (χ0n) is 15.8. The summed E-state index contributed by atoms with van der Waals surface area (Å²) in [7, 11) is 4.18. The number of ether oxygens (including phenoxy) is 1. The summed E-state index contributed by atoms with van der Waals surface area (Å²) in [6.45, 7) is 18.6. The summed E-state index contributed by atoms with van der Waals surface area (Å²) in [6.07, 6.45) is 6.79. The molecule has 0 saturated heterocycles. The second-order valence-electron chi connectivity index (χ2n) is 6.40. The molecular formula is C19H36LiNO. The van der Waals surface area contributed by atoms with E-state index in [-0.39, 0.29) is 25.0 Å². The first kappa shape index (κ1) is 24.3. The minimum Gasteiger partial charge on any atom is -0.374 e. The van der Waals surface area contributed by atoms with E-state index in [9.17, 15) is 0 Å². The van der Waals surface area contributed by atoms with E-state index in [2.05, 4.69) is 52.9 Å². The summed E-state index contributed by atoms with van der Waals surface area (Å²) in [5.41, 5.74) is 2.37. The van der Waals surface area contributed by atoms with Crippen molar-refractivity contribution in [3.63, 3.8) is 0 Å². The average molecular weight is 301 g/mol. The van der Waals surface area contributed by atoms with Crippen molar-refractivity contribution in [1.82, 2.24) is 4.90 Å². The Hall–Kier alpha value is -0.00260. The number of hydrogen-bond acceptors (Lipinski definition) is 2. The molecule has 0 aliphatic carbocycles. The van der Waals surface area contributed by atoms with E-state index in [0.29, 0.717) is 5.92 Å². The normalized spacial score (nSPS) is 13.5. The van der Waals surface area contributed by atoms with E-state index < -0.39 is 0 Å². The summed E-state index contributed by atoms with van der Waals surface area (Å²) in [5, 5.41) is 0. The van der Waals surface area contributed by atoms with Gasteiger partial charge in [-0.15, -0.1) is 18.1 Å². The van der Waals surface area contributed by atoms with Crippen LogP contribution in [0.25, 0.3) is 0 Å². The molecule has 0 heterocycles. The standard InChI is InChI=1S/C19H36NO.Li/c1-8-9-11-17(4)18(5)12-13-19(16(2)3)21-15-10-14-20(6)7;/h17,19H,2,4-5,8-15H2,1,3,6-7H3;/q-1;+1. The van der Waals surface area contributed by atoms with E-state index >= 15 is 0 Å².